The topological polar surface area (TPSA) is 96.5 Å². The van der Waals surface area contributed by atoms with Gasteiger partial charge < -0.3 is 20.7 Å². The Hall–Kier alpha value is -5.03. The van der Waals surface area contributed by atoms with Crippen LogP contribution in [0.15, 0.2) is 114 Å². The number of hydrogen-bond donors (Lipinski definition) is 3. The van der Waals surface area contributed by atoms with Crippen molar-refractivity contribution in [3.8, 4) is 5.75 Å². The Morgan fingerprint density at radius 1 is 0.818 bits per heavy atom. The first-order valence-electron chi connectivity index (χ1n) is 13.4. The average molecular weight is 620 g/mol. The minimum atomic E-state index is -4.52. The highest BCUT2D eigenvalue weighted by Crippen LogP contribution is 2.31. The molecule has 3 N–H and O–H groups in total. The summed E-state index contributed by atoms with van der Waals surface area (Å²) in [6, 6.07) is 26.6. The normalized spacial score (nSPS) is 11.4. The van der Waals surface area contributed by atoms with Crippen LogP contribution in [0, 0.1) is 0 Å². The zero-order chi connectivity index (χ0) is 31.5. The second-order valence-corrected chi connectivity index (χ2v) is 10.3. The van der Waals surface area contributed by atoms with Crippen molar-refractivity contribution in [2.75, 3.05) is 23.0 Å². The predicted molar refractivity (Wildman–Crippen MR) is 165 cm³/mol. The maximum atomic E-state index is 13.4. The lowest BCUT2D eigenvalue weighted by Gasteiger charge is -2.13. The van der Waals surface area contributed by atoms with Crippen molar-refractivity contribution in [1.29, 1.82) is 0 Å². The summed E-state index contributed by atoms with van der Waals surface area (Å²) >= 11 is 1.14. The van der Waals surface area contributed by atoms with E-state index in [9.17, 15) is 27.6 Å². The van der Waals surface area contributed by atoms with E-state index in [1.165, 1.54) is 12.1 Å². The smallest absolute Gasteiger partial charge is 0.416 e. The van der Waals surface area contributed by atoms with Crippen LogP contribution in [0.1, 0.15) is 28.4 Å². The average Bonchev–Trinajstić information content (AvgIpc) is 3.01. The molecule has 0 unspecified atom stereocenters. The summed E-state index contributed by atoms with van der Waals surface area (Å²) in [6.07, 6.45) is -2.98. The monoisotopic (exact) mass is 619 g/mol. The largest absolute Gasteiger partial charge is 0.494 e. The van der Waals surface area contributed by atoms with Gasteiger partial charge in [0.15, 0.2) is 0 Å². The minimum Gasteiger partial charge on any atom is -0.494 e. The molecule has 0 saturated carbocycles. The van der Waals surface area contributed by atoms with Crippen molar-refractivity contribution in [2.24, 2.45) is 0 Å². The lowest BCUT2D eigenvalue weighted by molar-refractivity contribution is -0.137. The Kier molecular flexibility index (Phi) is 10.8. The summed E-state index contributed by atoms with van der Waals surface area (Å²) in [4.78, 5) is 39.3. The van der Waals surface area contributed by atoms with Gasteiger partial charge in [-0.2, -0.15) is 13.2 Å². The molecule has 0 saturated heterocycles. The molecule has 4 aromatic carbocycles. The molecule has 7 nitrogen and oxygen atoms in total. The fourth-order valence-corrected chi connectivity index (χ4v) is 4.67. The lowest BCUT2D eigenvalue weighted by Crippen LogP contribution is -2.30. The van der Waals surface area contributed by atoms with E-state index in [4.69, 9.17) is 4.74 Å². The highest BCUT2D eigenvalue weighted by Gasteiger charge is 2.30. The number of hydrogen-bond acceptors (Lipinski definition) is 5. The summed E-state index contributed by atoms with van der Waals surface area (Å²) in [5, 5.41) is 7.92. The molecule has 0 aromatic heterocycles. The summed E-state index contributed by atoms with van der Waals surface area (Å²) in [5.74, 6) is -0.944. The molecule has 0 heterocycles. The van der Waals surface area contributed by atoms with Crippen molar-refractivity contribution < 1.29 is 32.3 Å². The predicted octanol–water partition coefficient (Wildman–Crippen LogP) is 7.24. The van der Waals surface area contributed by atoms with E-state index in [1.807, 2.05) is 6.92 Å². The third-order valence-electron chi connectivity index (χ3n) is 5.97. The van der Waals surface area contributed by atoms with Crippen LogP contribution in [-0.4, -0.2) is 30.1 Å². The van der Waals surface area contributed by atoms with Gasteiger partial charge in [0.2, 0.25) is 5.91 Å². The van der Waals surface area contributed by atoms with Crippen LogP contribution in [-0.2, 0) is 15.8 Å². The molecule has 4 aromatic rings. The molecule has 0 radical (unpaired) electrons. The quantitative estimate of drug-likeness (QED) is 0.122. The molecule has 0 aliphatic rings. The molecular weight excluding hydrogens is 591 g/mol. The van der Waals surface area contributed by atoms with Crippen LogP contribution in [0.2, 0.25) is 0 Å². The Balaban J connectivity index is 1.44. The molecule has 0 fully saturated rings. The molecule has 44 heavy (non-hydrogen) atoms. The standard InChI is InChI=1S/C33H28F3N3O4S/c1-2-43-27-16-14-22(15-17-27)18-29(39-31(41)23-8-4-3-5-9-23)32(42)38-26-12-7-13-28(20-26)44-21-30(40)37-25-11-6-10-24(19-25)33(34,35)36/h3-20H,2,21H2,1H3,(H,37,40)(H,38,42)(H,39,41)/b29-18+. The van der Waals surface area contributed by atoms with Crippen LogP contribution in [0.4, 0.5) is 24.5 Å². The van der Waals surface area contributed by atoms with Crippen molar-refractivity contribution in [3.63, 3.8) is 0 Å². The van der Waals surface area contributed by atoms with Crippen molar-refractivity contribution in [2.45, 2.75) is 18.0 Å². The number of halogens is 3. The summed E-state index contributed by atoms with van der Waals surface area (Å²) in [6.45, 7) is 2.38. The number of benzene rings is 4. The number of nitrogens with one attached hydrogen (secondary N) is 3. The highest BCUT2D eigenvalue weighted by molar-refractivity contribution is 8.00. The third-order valence-corrected chi connectivity index (χ3v) is 6.96. The van der Waals surface area contributed by atoms with E-state index in [2.05, 4.69) is 16.0 Å². The van der Waals surface area contributed by atoms with Gasteiger partial charge in [-0.15, -0.1) is 11.8 Å². The summed E-state index contributed by atoms with van der Waals surface area (Å²) in [5.41, 5.74) is 0.618. The van der Waals surface area contributed by atoms with Gasteiger partial charge in [-0.1, -0.05) is 42.5 Å². The Bertz CT molecular complexity index is 1640. The summed E-state index contributed by atoms with van der Waals surface area (Å²) in [7, 11) is 0. The van der Waals surface area contributed by atoms with Gasteiger partial charge in [-0.05, 0) is 79.2 Å². The number of thioether (sulfide) groups is 1. The number of ether oxygens (including phenoxy) is 1. The number of anilines is 2. The van der Waals surface area contributed by atoms with Gasteiger partial charge in [-0.25, -0.2) is 0 Å². The van der Waals surface area contributed by atoms with E-state index < -0.39 is 29.5 Å². The molecule has 226 valence electrons. The van der Waals surface area contributed by atoms with E-state index in [-0.39, 0.29) is 17.1 Å². The van der Waals surface area contributed by atoms with Gasteiger partial charge in [0, 0.05) is 21.8 Å². The van der Waals surface area contributed by atoms with Crippen LogP contribution in [0.5, 0.6) is 5.75 Å². The maximum Gasteiger partial charge on any atom is 0.416 e. The molecular formula is C33H28F3N3O4S. The summed E-state index contributed by atoms with van der Waals surface area (Å²) < 4.78 is 44.4. The van der Waals surface area contributed by atoms with Gasteiger partial charge in [0.05, 0.1) is 17.9 Å². The van der Waals surface area contributed by atoms with Gasteiger partial charge >= 0.3 is 6.18 Å². The van der Waals surface area contributed by atoms with Crippen LogP contribution >= 0.6 is 11.8 Å². The SMILES string of the molecule is CCOc1ccc(/C=C(/NC(=O)c2ccccc2)C(=O)Nc2cccc(SCC(=O)Nc3cccc(C(F)(F)F)c3)c2)cc1. The van der Waals surface area contributed by atoms with Crippen molar-refractivity contribution in [3.05, 3.63) is 126 Å². The second-order valence-electron chi connectivity index (χ2n) is 9.28. The van der Waals surface area contributed by atoms with E-state index in [1.54, 1.807) is 84.9 Å². The van der Waals surface area contributed by atoms with Crippen molar-refractivity contribution in [1.82, 2.24) is 5.32 Å². The van der Waals surface area contributed by atoms with Gasteiger partial charge in [0.25, 0.3) is 11.8 Å². The minimum absolute atomic E-state index is 0.00142. The molecule has 0 aliphatic carbocycles. The molecule has 0 spiro atoms. The molecule has 0 bridgehead atoms. The first kappa shape index (κ1) is 31.9. The maximum absolute atomic E-state index is 13.4. The number of rotatable bonds is 11. The zero-order valence-corrected chi connectivity index (χ0v) is 24.3. The van der Waals surface area contributed by atoms with Crippen molar-refractivity contribution >= 4 is 46.9 Å². The van der Waals surface area contributed by atoms with Crippen LogP contribution in [0.25, 0.3) is 6.08 Å². The fraction of sp³-hybridized carbons (Fsp3) is 0.121. The molecule has 11 heteroatoms. The lowest BCUT2D eigenvalue weighted by atomic mass is 10.1. The first-order valence-corrected chi connectivity index (χ1v) is 14.4. The number of carbonyl (C=O) groups excluding carboxylic acids is 3. The van der Waals surface area contributed by atoms with E-state index in [0.717, 1.165) is 23.9 Å². The number of alkyl halides is 3. The molecule has 0 atom stereocenters. The zero-order valence-electron chi connectivity index (χ0n) is 23.5. The Morgan fingerprint density at radius 3 is 2.18 bits per heavy atom. The Morgan fingerprint density at radius 2 is 1.50 bits per heavy atom. The first-order chi connectivity index (χ1) is 21.1. The van der Waals surface area contributed by atoms with Gasteiger partial charge in [0.1, 0.15) is 11.4 Å². The van der Waals surface area contributed by atoms with E-state index >= 15 is 0 Å². The van der Waals surface area contributed by atoms with Crippen LogP contribution < -0.4 is 20.7 Å². The van der Waals surface area contributed by atoms with Crippen LogP contribution in [0.3, 0.4) is 0 Å². The second kappa shape index (κ2) is 14.9. The third kappa shape index (κ3) is 9.50. The number of amides is 3. The van der Waals surface area contributed by atoms with Gasteiger partial charge in [-0.3, -0.25) is 14.4 Å². The molecule has 3 amide bonds. The molecule has 4 rings (SSSR count). The molecule has 0 aliphatic heterocycles. The number of carbonyl (C=O) groups is 3. The van der Waals surface area contributed by atoms with E-state index in [0.29, 0.717) is 34.1 Å². The fourth-order valence-electron chi connectivity index (χ4n) is 3.92. The highest BCUT2D eigenvalue weighted by atomic mass is 32.2. The Labute approximate surface area is 256 Å².